The molecule has 0 saturated heterocycles. The fourth-order valence-electron chi connectivity index (χ4n) is 2.35. The summed E-state index contributed by atoms with van der Waals surface area (Å²) in [6.07, 6.45) is 5.54. The summed E-state index contributed by atoms with van der Waals surface area (Å²) >= 11 is 5.69. The van der Waals surface area contributed by atoms with Crippen molar-refractivity contribution in [1.29, 1.82) is 0 Å². The van der Waals surface area contributed by atoms with E-state index in [1.165, 1.54) is 37.8 Å². The molecular formula is C13H16ClFN2O. The standard InChI is InChI=1S/C13H16ClFN2O/c14-11-8-10(5-6-12(11)15)16-13(17-18)7-9-3-1-2-4-9/h5-6,8-9,18H,1-4,7H2,(H,16,17). The van der Waals surface area contributed by atoms with Crippen molar-refractivity contribution in [3.63, 3.8) is 0 Å². The predicted molar refractivity (Wildman–Crippen MR) is 70.8 cm³/mol. The molecule has 3 nitrogen and oxygen atoms in total. The van der Waals surface area contributed by atoms with Crippen molar-refractivity contribution >= 4 is 23.1 Å². The highest BCUT2D eigenvalue weighted by atomic mass is 35.5. The number of halogens is 2. The first-order valence-electron chi connectivity index (χ1n) is 6.12. The molecule has 0 unspecified atom stereocenters. The summed E-state index contributed by atoms with van der Waals surface area (Å²) in [5.74, 6) is 0.615. The first-order chi connectivity index (χ1) is 8.69. The quantitative estimate of drug-likeness (QED) is 0.373. The normalized spacial score (nSPS) is 17.1. The zero-order valence-corrected chi connectivity index (χ0v) is 10.8. The molecule has 98 valence electrons. The number of nitrogens with zero attached hydrogens (tertiary/aromatic N) is 1. The third kappa shape index (κ3) is 3.35. The third-order valence-electron chi connectivity index (χ3n) is 3.29. The molecule has 2 rings (SSSR count). The van der Waals surface area contributed by atoms with Crippen LogP contribution in [0.3, 0.4) is 0 Å². The lowest BCUT2D eigenvalue weighted by atomic mass is 10.0. The highest BCUT2D eigenvalue weighted by Gasteiger charge is 2.18. The number of nitrogens with one attached hydrogen (secondary N) is 1. The Kier molecular flexibility index (Phi) is 4.42. The van der Waals surface area contributed by atoms with E-state index in [4.69, 9.17) is 16.8 Å². The van der Waals surface area contributed by atoms with Gasteiger partial charge in [0.25, 0.3) is 0 Å². The number of hydrogen-bond acceptors (Lipinski definition) is 2. The molecule has 1 aliphatic carbocycles. The lowest BCUT2D eigenvalue weighted by Gasteiger charge is -2.12. The molecule has 0 radical (unpaired) electrons. The van der Waals surface area contributed by atoms with Gasteiger partial charge in [-0.2, -0.15) is 0 Å². The van der Waals surface area contributed by atoms with E-state index in [-0.39, 0.29) is 5.02 Å². The SMILES string of the molecule is O/N=C(/CC1CCCC1)Nc1ccc(F)c(Cl)c1. The van der Waals surface area contributed by atoms with Gasteiger partial charge in [-0.05, 0) is 24.1 Å². The number of benzene rings is 1. The zero-order chi connectivity index (χ0) is 13.0. The third-order valence-corrected chi connectivity index (χ3v) is 3.58. The Morgan fingerprint density at radius 3 is 2.78 bits per heavy atom. The molecule has 1 aliphatic rings. The van der Waals surface area contributed by atoms with Crippen LogP contribution in [0, 0.1) is 11.7 Å². The van der Waals surface area contributed by atoms with Crippen molar-refractivity contribution in [2.45, 2.75) is 32.1 Å². The Hall–Kier alpha value is -1.29. The van der Waals surface area contributed by atoms with E-state index in [1.807, 2.05) is 0 Å². The van der Waals surface area contributed by atoms with Gasteiger partial charge in [0.05, 0.1) is 5.02 Å². The van der Waals surface area contributed by atoms with Gasteiger partial charge >= 0.3 is 0 Å². The van der Waals surface area contributed by atoms with Crippen molar-refractivity contribution in [2.24, 2.45) is 11.1 Å². The number of anilines is 1. The number of rotatable bonds is 3. The molecule has 2 N–H and O–H groups in total. The van der Waals surface area contributed by atoms with Crippen molar-refractivity contribution in [3.8, 4) is 0 Å². The Labute approximate surface area is 111 Å². The Morgan fingerprint density at radius 2 is 2.17 bits per heavy atom. The van der Waals surface area contributed by atoms with Gasteiger partial charge in [0.15, 0.2) is 0 Å². The number of amidine groups is 1. The van der Waals surface area contributed by atoms with Gasteiger partial charge in [-0.25, -0.2) is 4.39 Å². The van der Waals surface area contributed by atoms with Crippen LogP contribution in [-0.2, 0) is 0 Å². The second-order valence-electron chi connectivity index (χ2n) is 4.66. The molecular weight excluding hydrogens is 255 g/mol. The number of hydrogen-bond donors (Lipinski definition) is 2. The van der Waals surface area contributed by atoms with Gasteiger partial charge in [-0.3, -0.25) is 0 Å². The summed E-state index contributed by atoms with van der Waals surface area (Å²) in [7, 11) is 0. The lowest BCUT2D eigenvalue weighted by molar-refractivity contribution is 0.316. The fourth-order valence-corrected chi connectivity index (χ4v) is 2.53. The molecule has 1 aromatic rings. The summed E-state index contributed by atoms with van der Waals surface area (Å²) in [6.45, 7) is 0. The Balaban J connectivity index is 1.99. The average molecular weight is 271 g/mol. The van der Waals surface area contributed by atoms with Gasteiger partial charge in [-0.1, -0.05) is 42.4 Å². The van der Waals surface area contributed by atoms with Crippen LogP contribution < -0.4 is 5.32 Å². The summed E-state index contributed by atoms with van der Waals surface area (Å²) < 4.78 is 13.0. The maximum absolute atomic E-state index is 13.0. The van der Waals surface area contributed by atoms with Gasteiger partial charge < -0.3 is 10.5 Å². The van der Waals surface area contributed by atoms with Crippen molar-refractivity contribution in [3.05, 3.63) is 29.0 Å². The monoisotopic (exact) mass is 270 g/mol. The van der Waals surface area contributed by atoms with Crippen LogP contribution in [0.15, 0.2) is 23.4 Å². The summed E-state index contributed by atoms with van der Waals surface area (Å²) in [5.41, 5.74) is 0.632. The van der Waals surface area contributed by atoms with E-state index in [2.05, 4.69) is 10.5 Å². The molecule has 0 amide bonds. The molecule has 5 heteroatoms. The average Bonchev–Trinajstić information content (AvgIpc) is 2.86. The minimum Gasteiger partial charge on any atom is -0.409 e. The van der Waals surface area contributed by atoms with Crippen LogP contribution in [0.5, 0.6) is 0 Å². The molecule has 1 aromatic carbocycles. The van der Waals surface area contributed by atoms with Gasteiger partial charge in [0.2, 0.25) is 0 Å². The van der Waals surface area contributed by atoms with Crippen LogP contribution in [0.4, 0.5) is 10.1 Å². The van der Waals surface area contributed by atoms with Crippen molar-refractivity contribution < 1.29 is 9.60 Å². The molecule has 0 spiro atoms. The minimum absolute atomic E-state index is 0.0538. The molecule has 18 heavy (non-hydrogen) atoms. The second kappa shape index (κ2) is 6.05. The van der Waals surface area contributed by atoms with Crippen LogP contribution in [0.25, 0.3) is 0 Å². The largest absolute Gasteiger partial charge is 0.409 e. The highest BCUT2D eigenvalue weighted by Crippen LogP contribution is 2.28. The van der Waals surface area contributed by atoms with E-state index in [0.717, 1.165) is 0 Å². The Bertz CT molecular complexity index is 445. The van der Waals surface area contributed by atoms with Crippen LogP contribution in [-0.4, -0.2) is 11.0 Å². The van der Waals surface area contributed by atoms with Gasteiger partial charge in [0, 0.05) is 12.1 Å². The highest BCUT2D eigenvalue weighted by molar-refractivity contribution is 6.31. The van der Waals surface area contributed by atoms with E-state index < -0.39 is 5.82 Å². The lowest BCUT2D eigenvalue weighted by Crippen LogP contribution is -2.15. The first kappa shape index (κ1) is 13.1. The van der Waals surface area contributed by atoms with E-state index >= 15 is 0 Å². The fraction of sp³-hybridized carbons (Fsp3) is 0.462. The molecule has 1 fully saturated rings. The summed E-state index contributed by atoms with van der Waals surface area (Å²) in [6, 6.07) is 4.34. The maximum atomic E-state index is 13.0. The maximum Gasteiger partial charge on any atom is 0.146 e. The minimum atomic E-state index is -0.458. The van der Waals surface area contributed by atoms with Crippen LogP contribution in [0.2, 0.25) is 5.02 Å². The van der Waals surface area contributed by atoms with Crippen LogP contribution in [0.1, 0.15) is 32.1 Å². The van der Waals surface area contributed by atoms with E-state index in [0.29, 0.717) is 23.9 Å². The molecule has 1 saturated carbocycles. The molecule has 0 atom stereocenters. The van der Waals surface area contributed by atoms with Crippen LogP contribution >= 0.6 is 11.6 Å². The predicted octanol–water partition coefficient (Wildman–Crippen LogP) is 4.26. The van der Waals surface area contributed by atoms with Crippen molar-refractivity contribution in [1.82, 2.24) is 0 Å². The zero-order valence-electron chi connectivity index (χ0n) is 10.00. The number of oxime groups is 1. The van der Waals surface area contributed by atoms with E-state index in [9.17, 15) is 4.39 Å². The Morgan fingerprint density at radius 1 is 1.44 bits per heavy atom. The molecule has 0 bridgehead atoms. The van der Waals surface area contributed by atoms with E-state index in [1.54, 1.807) is 6.07 Å². The molecule has 0 aliphatic heterocycles. The first-order valence-corrected chi connectivity index (χ1v) is 6.50. The van der Waals surface area contributed by atoms with Crippen molar-refractivity contribution in [2.75, 3.05) is 5.32 Å². The molecule has 0 aromatic heterocycles. The van der Waals surface area contributed by atoms with Gasteiger partial charge in [0.1, 0.15) is 11.7 Å². The smallest absolute Gasteiger partial charge is 0.146 e. The topological polar surface area (TPSA) is 44.6 Å². The molecule has 0 heterocycles. The second-order valence-corrected chi connectivity index (χ2v) is 5.06. The summed E-state index contributed by atoms with van der Waals surface area (Å²) in [5, 5.41) is 15.3. The van der Waals surface area contributed by atoms with Gasteiger partial charge in [-0.15, -0.1) is 0 Å². The summed E-state index contributed by atoms with van der Waals surface area (Å²) in [4.78, 5) is 0.